The highest BCUT2D eigenvalue weighted by Crippen LogP contribution is 2.41. The Morgan fingerprint density at radius 2 is 2.29 bits per heavy atom. The van der Waals surface area contributed by atoms with Crippen molar-refractivity contribution in [2.24, 2.45) is 5.92 Å². The summed E-state index contributed by atoms with van der Waals surface area (Å²) in [5.41, 5.74) is 3.21. The van der Waals surface area contributed by atoms with Gasteiger partial charge in [-0.05, 0) is 44.6 Å². The largest absolute Gasteiger partial charge is 0.381 e. The third-order valence-electron chi connectivity index (χ3n) is 4.79. The van der Waals surface area contributed by atoms with Gasteiger partial charge in [0.2, 0.25) is 0 Å². The molecule has 1 aromatic rings. The molecule has 0 radical (unpaired) electrons. The molecule has 1 N–H and O–H groups in total. The van der Waals surface area contributed by atoms with E-state index >= 15 is 0 Å². The summed E-state index contributed by atoms with van der Waals surface area (Å²) in [6, 6.07) is 0.375. The summed E-state index contributed by atoms with van der Waals surface area (Å²) in [4.78, 5) is 4.57. The van der Waals surface area contributed by atoms with Gasteiger partial charge in [0.15, 0.2) is 0 Å². The van der Waals surface area contributed by atoms with Crippen LogP contribution in [0.5, 0.6) is 0 Å². The number of ether oxygens (including phenoxy) is 2. The maximum absolute atomic E-state index is 6.18. The Morgan fingerprint density at radius 1 is 1.43 bits per heavy atom. The normalized spacial score (nSPS) is 26.8. The predicted octanol–water partition coefficient (Wildman–Crippen LogP) is 3.16. The number of rotatable bonds is 5. The number of thiazole rings is 1. The van der Waals surface area contributed by atoms with E-state index in [0.717, 1.165) is 58.5 Å². The molecule has 2 atom stereocenters. The van der Waals surface area contributed by atoms with Crippen molar-refractivity contribution in [3.8, 4) is 0 Å². The van der Waals surface area contributed by atoms with Gasteiger partial charge in [-0.25, -0.2) is 4.98 Å². The molecule has 2 saturated heterocycles. The maximum Gasteiger partial charge on any atom is 0.0795 e. The molecule has 2 aliphatic heterocycles. The molecule has 4 nitrogen and oxygen atoms in total. The van der Waals surface area contributed by atoms with Crippen molar-refractivity contribution in [3.05, 3.63) is 16.6 Å². The zero-order valence-corrected chi connectivity index (χ0v) is 13.7. The lowest BCUT2D eigenvalue weighted by molar-refractivity contribution is -0.150. The van der Waals surface area contributed by atoms with E-state index in [1.54, 1.807) is 11.3 Å². The molecule has 0 aromatic carbocycles. The third kappa shape index (κ3) is 3.65. The zero-order chi connectivity index (χ0) is 14.5. The minimum Gasteiger partial charge on any atom is -0.381 e. The van der Waals surface area contributed by atoms with E-state index in [-0.39, 0.29) is 5.60 Å². The summed E-state index contributed by atoms with van der Waals surface area (Å²) in [6.07, 6.45) is 5.50. The molecule has 1 spiro atoms. The molecule has 2 fully saturated rings. The average Bonchev–Trinajstić information content (AvgIpc) is 3.03. The number of hydrogen-bond acceptors (Lipinski definition) is 5. The monoisotopic (exact) mass is 310 g/mol. The molecule has 0 aliphatic carbocycles. The van der Waals surface area contributed by atoms with Gasteiger partial charge in [-0.1, -0.05) is 6.92 Å². The summed E-state index contributed by atoms with van der Waals surface area (Å²) in [5.74, 6) is 0.616. The number of hydrogen-bond donors (Lipinski definition) is 1. The Hall–Kier alpha value is -0.490. The molecular weight excluding hydrogens is 284 g/mol. The molecule has 2 aliphatic rings. The van der Waals surface area contributed by atoms with Crippen molar-refractivity contribution in [3.63, 3.8) is 0 Å². The average molecular weight is 310 g/mol. The van der Waals surface area contributed by atoms with Crippen molar-refractivity contribution in [1.82, 2.24) is 10.3 Å². The van der Waals surface area contributed by atoms with Gasteiger partial charge in [-0.15, -0.1) is 11.3 Å². The van der Waals surface area contributed by atoms with E-state index in [9.17, 15) is 0 Å². The number of nitrogens with zero attached hydrogens (tertiary/aromatic N) is 1. The van der Waals surface area contributed by atoms with Crippen LogP contribution in [0.1, 0.15) is 50.8 Å². The Kier molecular flexibility index (Phi) is 5.27. The molecule has 3 rings (SSSR count). The van der Waals surface area contributed by atoms with Gasteiger partial charge in [0.1, 0.15) is 0 Å². The van der Waals surface area contributed by atoms with Gasteiger partial charge in [0.25, 0.3) is 0 Å². The topological polar surface area (TPSA) is 43.4 Å². The van der Waals surface area contributed by atoms with Crippen LogP contribution in [-0.2, 0) is 9.47 Å². The summed E-state index contributed by atoms with van der Waals surface area (Å²) in [5, 5.41) is 5.91. The summed E-state index contributed by atoms with van der Waals surface area (Å²) >= 11 is 1.69. The summed E-state index contributed by atoms with van der Waals surface area (Å²) < 4.78 is 11.7. The molecule has 5 heteroatoms. The fourth-order valence-electron chi connectivity index (χ4n) is 3.63. The van der Waals surface area contributed by atoms with Crippen LogP contribution in [0.2, 0.25) is 0 Å². The van der Waals surface area contributed by atoms with Crippen LogP contribution in [0.15, 0.2) is 10.9 Å². The van der Waals surface area contributed by atoms with E-state index in [2.05, 4.69) is 22.6 Å². The quantitative estimate of drug-likeness (QED) is 0.907. The highest BCUT2D eigenvalue weighted by Gasteiger charge is 2.41. The molecule has 0 amide bonds. The summed E-state index contributed by atoms with van der Waals surface area (Å²) in [6.45, 7) is 5.83. The van der Waals surface area contributed by atoms with Crippen LogP contribution in [0.25, 0.3) is 0 Å². The zero-order valence-electron chi connectivity index (χ0n) is 12.8. The Morgan fingerprint density at radius 3 is 3.00 bits per heavy atom. The van der Waals surface area contributed by atoms with Crippen molar-refractivity contribution >= 4 is 11.3 Å². The third-order valence-corrected chi connectivity index (χ3v) is 5.40. The molecule has 3 heterocycles. The minimum atomic E-state index is 0.0589. The van der Waals surface area contributed by atoms with Crippen LogP contribution in [0.4, 0.5) is 0 Å². The fraction of sp³-hybridized carbons (Fsp3) is 0.812. The van der Waals surface area contributed by atoms with Crippen LogP contribution < -0.4 is 5.32 Å². The van der Waals surface area contributed by atoms with Crippen LogP contribution in [0, 0.1) is 5.92 Å². The van der Waals surface area contributed by atoms with E-state index in [1.807, 2.05) is 5.51 Å². The van der Waals surface area contributed by atoms with E-state index in [0.29, 0.717) is 12.0 Å². The standard InChI is InChI=1S/C16H26N2O2S/c1-2-6-17-15(14-11-21-12-18-14)13-3-7-20-16(10-13)4-8-19-9-5-16/h11-13,15,17H,2-10H2,1H3. The van der Waals surface area contributed by atoms with Crippen LogP contribution >= 0.6 is 11.3 Å². The number of nitrogens with one attached hydrogen (secondary N) is 1. The molecule has 118 valence electrons. The second-order valence-corrected chi connectivity index (χ2v) is 6.96. The Labute approximate surface area is 131 Å². The minimum absolute atomic E-state index is 0.0589. The smallest absolute Gasteiger partial charge is 0.0795 e. The van der Waals surface area contributed by atoms with Crippen molar-refractivity contribution in [2.75, 3.05) is 26.4 Å². The molecule has 2 unspecified atom stereocenters. The highest BCUT2D eigenvalue weighted by atomic mass is 32.1. The SMILES string of the molecule is CCCNC(c1cscn1)C1CCOC2(CCOCC2)C1. The van der Waals surface area contributed by atoms with Gasteiger partial charge in [0, 0.05) is 25.2 Å². The first-order valence-corrected chi connectivity index (χ1v) is 9.10. The van der Waals surface area contributed by atoms with Crippen molar-refractivity contribution in [2.45, 2.75) is 50.7 Å². The van der Waals surface area contributed by atoms with Crippen molar-refractivity contribution < 1.29 is 9.47 Å². The summed E-state index contributed by atoms with van der Waals surface area (Å²) in [7, 11) is 0. The molecular formula is C16H26N2O2S. The second-order valence-electron chi connectivity index (χ2n) is 6.24. The highest BCUT2D eigenvalue weighted by molar-refractivity contribution is 7.07. The fourth-order valence-corrected chi connectivity index (χ4v) is 4.22. The second kappa shape index (κ2) is 7.18. The Balaban J connectivity index is 1.72. The van der Waals surface area contributed by atoms with E-state index in [4.69, 9.17) is 9.47 Å². The van der Waals surface area contributed by atoms with Crippen LogP contribution in [-0.4, -0.2) is 37.0 Å². The molecule has 1 aromatic heterocycles. The van der Waals surface area contributed by atoms with Gasteiger partial charge in [-0.2, -0.15) is 0 Å². The molecule has 0 bridgehead atoms. The van der Waals surface area contributed by atoms with E-state index in [1.165, 1.54) is 5.69 Å². The van der Waals surface area contributed by atoms with Gasteiger partial charge < -0.3 is 14.8 Å². The van der Waals surface area contributed by atoms with Gasteiger partial charge in [-0.3, -0.25) is 0 Å². The first-order valence-electron chi connectivity index (χ1n) is 8.16. The van der Waals surface area contributed by atoms with Gasteiger partial charge >= 0.3 is 0 Å². The lowest BCUT2D eigenvalue weighted by Gasteiger charge is -2.45. The van der Waals surface area contributed by atoms with Crippen molar-refractivity contribution in [1.29, 1.82) is 0 Å². The van der Waals surface area contributed by atoms with E-state index < -0.39 is 0 Å². The predicted molar refractivity (Wildman–Crippen MR) is 84.6 cm³/mol. The first-order chi connectivity index (χ1) is 10.3. The van der Waals surface area contributed by atoms with Crippen LogP contribution in [0.3, 0.4) is 0 Å². The van der Waals surface area contributed by atoms with Gasteiger partial charge in [0.05, 0.1) is 22.8 Å². The molecule has 21 heavy (non-hydrogen) atoms. The maximum atomic E-state index is 6.18. The number of aromatic nitrogens is 1. The lowest BCUT2D eigenvalue weighted by Crippen LogP contribution is -2.47. The Bertz CT molecular complexity index is 412. The lowest BCUT2D eigenvalue weighted by atomic mass is 9.77. The molecule has 0 saturated carbocycles. The first kappa shape index (κ1) is 15.4.